The molecule has 2 amide bonds. The molecule has 4 rings (SSSR count). The fourth-order valence-electron chi connectivity index (χ4n) is 4.98. The molecule has 0 heterocycles. The molecule has 0 aliphatic carbocycles. The maximum atomic E-state index is 14.5. The number of carbonyl (C=O) groups excluding carboxylic acids is 2. The Morgan fingerprint density at radius 3 is 2.13 bits per heavy atom. The Hall–Kier alpha value is -4.15. The number of carbonyl (C=O) groups is 2. The number of halogens is 1. The summed E-state index contributed by atoms with van der Waals surface area (Å²) in [6, 6.07) is 27.7. The molecule has 0 spiro atoms. The van der Waals surface area contributed by atoms with Crippen molar-refractivity contribution >= 4 is 43.5 Å². The zero-order valence-electron chi connectivity index (χ0n) is 25.9. The SMILES string of the molecule is CCNC(=O)C(Cc1ccccc1)N(Cc1ccc(Br)cc1)C(=O)CN(c1cc(C)ccc1OC)S(=O)(=O)c1ccc(C)cc1. The normalized spacial score (nSPS) is 11.8. The van der Waals surface area contributed by atoms with Gasteiger partial charge in [0.15, 0.2) is 0 Å². The lowest BCUT2D eigenvalue weighted by molar-refractivity contribution is -0.140. The van der Waals surface area contributed by atoms with E-state index in [1.54, 1.807) is 24.3 Å². The minimum atomic E-state index is -4.24. The van der Waals surface area contributed by atoms with Crippen LogP contribution in [0.15, 0.2) is 106 Å². The molecule has 1 atom stereocenters. The highest BCUT2D eigenvalue weighted by molar-refractivity contribution is 9.10. The van der Waals surface area contributed by atoms with E-state index in [1.807, 2.05) is 81.4 Å². The number of hydrogen-bond donors (Lipinski definition) is 1. The molecule has 10 heteroatoms. The van der Waals surface area contributed by atoms with Gasteiger partial charge >= 0.3 is 0 Å². The largest absolute Gasteiger partial charge is 0.495 e. The first-order valence-electron chi connectivity index (χ1n) is 14.6. The van der Waals surface area contributed by atoms with Gasteiger partial charge in [-0.15, -0.1) is 0 Å². The lowest BCUT2D eigenvalue weighted by atomic mass is 10.0. The highest BCUT2D eigenvalue weighted by Gasteiger charge is 2.35. The highest BCUT2D eigenvalue weighted by Crippen LogP contribution is 2.34. The van der Waals surface area contributed by atoms with Crippen LogP contribution in [0.1, 0.15) is 29.2 Å². The van der Waals surface area contributed by atoms with Crippen LogP contribution in [0.2, 0.25) is 0 Å². The van der Waals surface area contributed by atoms with Crippen LogP contribution in [0.3, 0.4) is 0 Å². The van der Waals surface area contributed by atoms with E-state index in [0.29, 0.717) is 12.3 Å². The average molecular weight is 693 g/mol. The van der Waals surface area contributed by atoms with Gasteiger partial charge in [-0.05, 0) is 73.9 Å². The van der Waals surface area contributed by atoms with Gasteiger partial charge in [-0.25, -0.2) is 8.42 Å². The first kappa shape index (κ1) is 33.7. The number of sulfonamides is 1. The summed E-state index contributed by atoms with van der Waals surface area (Å²) in [6.07, 6.45) is 0.243. The third-order valence-corrected chi connectivity index (χ3v) is 9.68. The van der Waals surface area contributed by atoms with E-state index in [0.717, 1.165) is 31.0 Å². The fourth-order valence-corrected chi connectivity index (χ4v) is 6.66. The molecule has 0 fully saturated rings. The molecule has 1 N–H and O–H groups in total. The molecule has 1 unspecified atom stereocenters. The predicted molar refractivity (Wildman–Crippen MR) is 181 cm³/mol. The van der Waals surface area contributed by atoms with Gasteiger partial charge in [0, 0.05) is 24.0 Å². The molecule has 4 aromatic carbocycles. The summed E-state index contributed by atoms with van der Waals surface area (Å²) in [4.78, 5) is 29.7. The maximum Gasteiger partial charge on any atom is 0.264 e. The number of ether oxygens (including phenoxy) is 1. The van der Waals surface area contributed by atoms with Crippen LogP contribution >= 0.6 is 15.9 Å². The molecule has 8 nitrogen and oxygen atoms in total. The highest BCUT2D eigenvalue weighted by atomic mass is 79.9. The Morgan fingerprint density at radius 1 is 0.867 bits per heavy atom. The van der Waals surface area contributed by atoms with E-state index in [4.69, 9.17) is 4.74 Å². The second-order valence-electron chi connectivity index (χ2n) is 10.7. The van der Waals surface area contributed by atoms with Gasteiger partial charge in [0.25, 0.3) is 10.0 Å². The van der Waals surface area contributed by atoms with Crippen LogP contribution in [-0.4, -0.2) is 51.4 Å². The number of aryl methyl sites for hydroxylation is 2. The van der Waals surface area contributed by atoms with Crippen molar-refractivity contribution in [3.63, 3.8) is 0 Å². The summed E-state index contributed by atoms with van der Waals surface area (Å²) >= 11 is 3.45. The number of likely N-dealkylation sites (N-methyl/N-ethyl adjacent to an activating group) is 1. The van der Waals surface area contributed by atoms with E-state index in [2.05, 4.69) is 21.2 Å². The molecule has 0 aliphatic rings. The smallest absolute Gasteiger partial charge is 0.264 e. The Kier molecular flexibility index (Phi) is 11.4. The van der Waals surface area contributed by atoms with Crippen LogP contribution in [0.25, 0.3) is 0 Å². The number of hydrogen-bond acceptors (Lipinski definition) is 5. The van der Waals surface area contributed by atoms with Crippen LogP contribution < -0.4 is 14.4 Å². The van der Waals surface area contributed by atoms with Gasteiger partial charge in [0.1, 0.15) is 18.3 Å². The van der Waals surface area contributed by atoms with E-state index in [9.17, 15) is 18.0 Å². The number of benzene rings is 4. The van der Waals surface area contributed by atoms with Crippen molar-refractivity contribution in [2.24, 2.45) is 0 Å². The Morgan fingerprint density at radius 2 is 1.51 bits per heavy atom. The van der Waals surface area contributed by atoms with Gasteiger partial charge in [0.2, 0.25) is 11.8 Å². The van der Waals surface area contributed by atoms with Gasteiger partial charge in [-0.2, -0.15) is 0 Å². The summed E-state index contributed by atoms with van der Waals surface area (Å²) in [5, 5.41) is 2.88. The summed E-state index contributed by atoms with van der Waals surface area (Å²) in [6.45, 7) is 5.43. The molecular formula is C35H38BrN3O5S. The first-order valence-corrected chi connectivity index (χ1v) is 16.9. The van der Waals surface area contributed by atoms with E-state index in [-0.39, 0.29) is 29.5 Å². The Balaban J connectivity index is 1.84. The summed E-state index contributed by atoms with van der Waals surface area (Å²) in [5.41, 5.74) is 3.57. The first-order chi connectivity index (χ1) is 21.5. The fraction of sp³-hybridized carbons (Fsp3) is 0.257. The van der Waals surface area contributed by atoms with Crippen LogP contribution in [0, 0.1) is 13.8 Å². The van der Waals surface area contributed by atoms with Crippen LogP contribution in [0.5, 0.6) is 5.75 Å². The third kappa shape index (κ3) is 8.52. The molecule has 45 heavy (non-hydrogen) atoms. The molecule has 0 aromatic heterocycles. The molecule has 0 aliphatic heterocycles. The molecule has 4 aromatic rings. The van der Waals surface area contributed by atoms with E-state index in [1.165, 1.54) is 24.1 Å². The number of anilines is 1. The number of nitrogens with one attached hydrogen (secondary N) is 1. The van der Waals surface area contributed by atoms with Crippen molar-refractivity contribution in [2.75, 3.05) is 24.5 Å². The van der Waals surface area contributed by atoms with E-state index < -0.39 is 28.5 Å². The topological polar surface area (TPSA) is 96.0 Å². The monoisotopic (exact) mass is 691 g/mol. The minimum Gasteiger partial charge on any atom is -0.495 e. The van der Waals surface area contributed by atoms with Crippen molar-refractivity contribution in [1.29, 1.82) is 0 Å². The Bertz CT molecular complexity index is 1710. The second kappa shape index (κ2) is 15.2. The van der Waals surface area contributed by atoms with Gasteiger partial charge < -0.3 is 15.0 Å². The number of amides is 2. The predicted octanol–water partition coefficient (Wildman–Crippen LogP) is 6.05. The van der Waals surface area contributed by atoms with Crippen LogP contribution in [0.4, 0.5) is 5.69 Å². The molecule has 0 saturated carbocycles. The second-order valence-corrected chi connectivity index (χ2v) is 13.5. The number of nitrogens with zero attached hydrogens (tertiary/aromatic N) is 2. The van der Waals surface area contributed by atoms with Gasteiger partial charge in [-0.3, -0.25) is 13.9 Å². The molecular weight excluding hydrogens is 654 g/mol. The van der Waals surface area contributed by atoms with E-state index >= 15 is 0 Å². The van der Waals surface area contributed by atoms with Gasteiger partial charge in [0.05, 0.1) is 17.7 Å². The van der Waals surface area contributed by atoms with Crippen LogP contribution in [-0.2, 0) is 32.6 Å². The lowest BCUT2D eigenvalue weighted by Crippen LogP contribution is -2.53. The van der Waals surface area contributed by atoms with Crippen molar-refractivity contribution in [3.05, 3.63) is 124 Å². The lowest BCUT2D eigenvalue weighted by Gasteiger charge is -2.34. The zero-order valence-corrected chi connectivity index (χ0v) is 28.3. The molecule has 0 saturated heterocycles. The van der Waals surface area contributed by atoms with Gasteiger partial charge in [-0.1, -0.05) is 82.2 Å². The summed E-state index contributed by atoms with van der Waals surface area (Å²) < 4.78 is 36.1. The van der Waals surface area contributed by atoms with Crippen molar-refractivity contribution in [3.8, 4) is 5.75 Å². The number of methoxy groups -OCH3 is 1. The standard InChI is InChI=1S/C35H38BrN3O5S/c1-5-37-35(41)32(22-27-9-7-6-8-10-27)38(23-28-14-16-29(36)17-15-28)34(40)24-39(31-21-26(3)13-20-33(31)44-4)45(42,43)30-18-11-25(2)12-19-30/h6-21,32H,5,22-24H2,1-4H3,(H,37,41). The summed E-state index contributed by atoms with van der Waals surface area (Å²) in [5.74, 6) is -0.564. The molecule has 0 bridgehead atoms. The minimum absolute atomic E-state index is 0.0356. The molecule has 236 valence electrons. The van der Waals surface area contributed by atoms with Crippen molar-refractivity contribution < 1.29 is 22.7 Å². The number of rotatable bonds is 13. The zero-order chi connectivity index (χ0) is 32.6. The van der Waals surface area contributed by atoms with Crippen molar-refractivity contribution in [2.45, 2.75) is 44.7 Å². The quantitative estimate of drug-likeness (QED) is 0.184. The summed E-state index contributed by atoms with van der Waals surface area (Å²) in [7, 11) is -2.79. The van der Waals surface area contributed by atoms with Crippen molar-refractivity contribution in [1.82, 2.24) is 10.2 Å². The Labute approximate surface area is 274 Å². The maximum absolute atomic E-state index is 14.5. The third-order valence-electron chi connectivity index (χ3n) is 7.38. The average Bonchev–Trinajstić information content (AvgIpc) is 3.03. The molecule has 0 radical (unpaired) electrons.